The van der Waals surface area contributed by atoms with Crippen LogP contribution in [0.15, 0.2) is 77.5 Å². The van der Waals surface area contributed by atoms with Crippen LogP contribution in [-0.4, -0.2) is 36.6 Å². The number of hydrogen-bond donors (Lipinski definition) is 3. The third-order valence-electron chi connectivity index (χ3n) is 5.82. The Labute approximate surface area is 210 Å². The molecule has 3 aromatic carbocycles. The maximum absolute atomic E-state index is 11.9. The molecule has 0 spiro atoms. The Kier molecular flexibility index (Phi) is 6.57. The molecule has 0 aliphatic heterocycles. The fourth-order valence-electron chi connectivity index (χ4n) is 3.94. The van der Waals surface area contributed by atoms with E-state index in [9.17, 15) is 15.0 Å². The minimum atomic E-state index is -0.826. The van der Waals surface area contributed by atoms with Gasteiger partial charge in [-0.15, -0.1) is 10.2 Å². The van der Waals surface area contributed by atoms with Crippen molar-refractivity contribution in [3.8, 4) is 34.0 Å². The Morgan fingerprint density at radius 3 is 2.58 bits per heavy atom. The summed E-state index contributed by atoms with van der Waals surface area (Å²) >= 11 is 1.50. The van der Waals surface area contributed by atoms with Crippen LogP contribution in [0.4, 0.5) is 0 Å². The topological polar surface area (TPSA) is 121 Å². The maximum Gasteiger partial charge on any atom is 0.204 e. The number of ketones is 1. The molecule has 0 fully saturated rings. The zero-order valence-corrected chi connectivity index (χ0v) is 20.1. The molecule has 3 N–H and O–H groups in total. The Bertz CT molecular complexity index is 1480. The highest BCUT2D eigenvalue weighted by Crippen LogP contribution is 2.41. The number of Topliss-reactive ketones (excluding diaryl/α,β-unsaturated/α-hetero) is 1. The third kappa shape index (κ3) is 4.74. The lowest BCUT2D eigenvalue weighted by atomic mass is 9.98. The van der Waals surface area contributed by atoms with Gasteiger partial charge in [-0.25, -0.2) is 0 Å². The molecular formula is C27H22N4O4S. The highest BCUT2D eigenvalue weighted by molar-refractivity contribution is 7.08. The first-order chi connectivity index (χ1) is 17.5. The number of rotatable bonds is 8. The van der Waals surface area contributed by atoms with Crippen molar-refractivity contribution in [3.63, 3.8) is 0 Å². The second-order valence-electron chi connectivity index (χ2n) is 8.20. The van der Waals surface area contributed by atoms with Crippen molar-refractivity contribution in [2.24, 2.45) is 0 Å². The van der Waals surface area contributed by atoms with Crippen LogP contribution >= 0.6 is 11.3 Å². The van der Waals surface area contributed by atoms with Gasteiger partial charge in [-0.1, -0.05) is 42.5 Å². The minimum absolute atomic E-state index is 0.0834. The van der Waals surface area contributed by atoms with E-state index >= 15 is 0 Å². The van der Waals surface area contributed by atoms with E-state index in [2.05, 4.69) is 20.6 Å². The Balaban J connectivity index is 1.33. The summed E-state index contributed by atoms with van der Waals surface area (Å²) < 4.78 is 6.05. The van der Waals surface area contributed by atoms with Gasteiger partial charge in [0, 0.05) is 5.56 Å². The van der Waals surface area contributed by atoms with E-state index in [1.807, 2.05) is 65.4 Å². The molecule has 36 heavy (non-hydrogen) atoms. The smallest absolute Gasteiger partial charge is 0.204 e. The van der Waals surface area contributed by atoms with Crippen LogP contribution in [0.5, 0.6) is 11.5 Å². The average molecular weight is 499 g/mol. The number of ether oxygens (including phenoxy) is 1. The van der Waals surface area contributed by atoms with Crippen LogP contribution in [0, 0.1) is 0 Å². The molecule has 8 nitrogen and oxygen atoms in total. The van der Waals surface area contributed by atoms with Gasteiger partial charge in [-0.2, -0.15) is 16.6 Å². The summed E-state index contributed by atoms with van der Waals surface area (Å²) in [5.74, 6) is 0.645. The van der Waals surface area contributed by atoms with Crippen LogP contribution < -0.4 is 4.74 Å². The van der Waals surface area contributed by atoms with Crippen molar-refractivity contribution in [1.82, 2.24) is 20.6 Å². The van der Waals surface area contributed by atoms with Crippen molar-refractivity contribution in [2.75, 3.05) is 0 Å². The largest absolute Gasteiger partial charge is 0.506 e. The summed E-state index contributed by atoms with van der Waals surface area (Å²) in [5.41, 5.74) is 4.62. The van der Waals surface area contributed by atoms with E-state index in [0.29, 0.717) is 22.7 Å². The molecule has 0 amide bonds. The average Bonchev–Trinajstić information content (AvgIpc) is 3.62. The summed E-state index contributed by atoms with van der Waals surface area (Å²) in [6, 6.07) is 20.0. The molecule has 0 aliphatic carbocycles. The minimum Gasteiger partial charge on any atom is -0.506 e. The van der Waals surface area contributed by atoms with Crippen molar-refractivity contribution < 1.29 is 19.7 Å². The van der Waals surface area contributed by atoms with Crippen molar-refractivity contribution >= 4 is 17.1 Å². The summed E-state index contributed by atoms with van der Waals surface area (Å²) in [5, 5.41) is 39.4. The number of thiophene rings is 1. The second-order valence-corrected chi connectivity index (χ2v) is 8.98. The van der Waals surface area contributed by atoms with Crippen molar-refractivity contribution in [2.45, 2.75) is 19.6 Å². The molecule has 180 valence electrons. The molecular weight excluding hydrogens is 476 g/mol. The van der Waals surface area contributed by atoms with Crippen LogP contribution in [0.1, 0.15) is 40.1 Å². The summed E-state index contributed by atoms with van der Waals surface area (Å²) in [4.78, 5) is 11.9. The molecule has 1 unspecified atom stereocenters. The number of phenolic OH excluding ortho intramolecular Hbond substituents is 1. The van der Waals surface area contributed by atoms with Gasteiger partial charge in [0.15, 0.2) is 5.78 Å². The Hall–Kier alpha value is -4.34. The van der Waals surface area contributed by atoms with Gasteiger partial charge in [0.2, 0.25) is 5.82 Å². The molecule has 9 heteroatoms. The van der Waals surface area contributed by atoms with E-state index in [1.54, 1.807) is 12.1 Å². The number of aromatic amines is 1. The van der Waals surface area contributed by atoms with Gasteiger partial charge in [-0.3, -0.25) is 4.79 Å². The third-order valence-corrected chi connectivity index (χ3v) is 6.51. The number of benzene rings is 3. The number of aromatic hydroxyl groups is 1. The number of hydrogen-bond acceptors (Lipinski definition) is 8. The lowest BCUT2D eigenvalue weighted by molar-refractivity contribution is 0.101. The number of aliphatic hydroxyl groups is 1. The van der Waals surface area contributed by atoms with E-state index in [-0.39, 0.29) is 23.7 Å². The number of H-pyrrole nitrogens is 1. The summed E-state index contributed by atoms with van der Waals surface area (Å²) in [7, 11) is 0. The first-order valence-corrected chi connectivity index (χ1v) is 12.1. The zero-order valence-electron chi connectivity index (χ0n) is 19.3. The second kappa shape index (κ2) is 10.1. The molecule has 0 saturated carbocycles. The van der Waals surface area contributed by atoms with Gasteiger partial charge >= 0.3 is 0 Å². The summed E-state index contributed by atoms with van der Waals surface area (Å²) in [6.45, 7) is 1.67. The number of nitrogens with zero attached hydrogens (tertiary/aromatic N) is 3. The molecule has 5 rings (SSSR count). The lowest BCUT2D eigenvalue weighted by Gasteiger charge is -2.15. The number of phenols is 1. The zero-order chi connectivity index (χ0) is 25.1. The number of carbonyl (C=O) groups is 1. The monoisotopic (exact) mass is 498 g/mol. The maximum atomic E-state index is 11.9. The first kappa shape index (κ1) is 23.4. The fraction of sp³-hybridized carbons (Fsp3) is 0.111. The number of nitrogens with one attached hydrogen (secondary N) is 1. The number of aliphatic hydroxyl groups excluding tert-OH is 1. The van der Waals surface area contributed by atoms with Gasteiger partial charge in [0.05, 0.1) is 11.1 Å². The SMILES string of the molecule is CC(=O)c1ccc(OCc2ccc(C(O)c3cccc(-c4nn[nH]n4)c3)cc2)c(-c2ccsc2)c1O. The predicted molar refractivity (Wildman–Crippen MR) is 136 cm³/mol. The molecule has 2 aromatic heterocycles. The number of tetrazole rings is 1. The molecule has 0 radical (unpaired) electrons. The van der Waals surface area contributed by atoms with E-state index in [1.165, 1.54) is 18.3 Å². The highest BCUT2D eigenvalue weighted by atomic mass is 32.1. The lowest BCUT2D eigenvalue weighted by Crippen LogP contribution is -2.02. The van der Waals surface area contributed by atoms with Crippen LogP contribution in [0.3, 0.4) is 0 Å². The van der Waals surface area contributed by atoms with Gasteiger partial charge in [-0.05, 0) is 69.4 Å². The Morgan fingerprint density at radius 2 is 1.89 bits per heavy atom. The fourth-order valence-corrected chi connectivity index (χ4v) is 4.59. The predicted octanol–water partition coefficient (Wildman–Crippen LogP) is 5.16. The van der Waals surface area contributed by atoms with Crippen molar-refractivity contribution in [1.29, 1.82) is 0 Å². The molecule has 0 bridgehead atoms. The molecule has 2 heterocycles. The van der Waals surface area contributed by atoms with E-state index in [0.717, 1.165) is 22.3 Å². The van der Waals surface area contributed by atoms with Crippen LogP contribution in [0.25, 0.3) is 22.5 Å². The summed E-state index contributed by atoms with van der Waals surface area (Å²) in [6.07, 6.45) is -0.826. The quantitative estimate of drug-likeness (QED) is 0.253. The normalized spacial score (nSPS) is 11.8. The standard InChI is InChI=1S/C27H22N4O4S/c1-16(32)22-9-10-23(24(26(22)34)21-11-12-36-15-21)35-14-17-5-7-18(8-6-17)25(33)19-3-2-4-20(13-19)27-28-30-31-29-27/h2-13,15,25,33-34H,14H2,1H3,(H,28,29,30,31). The van der Waals surface area contributed by atoms with Crippen LogP contribution in [-0.2, 0) is 6.61 Å². The van der Waals surface area contributed by atoms with Gasteiger partial charge < -0.3 is 14.9 Å². The molecule has 0 aliphatic rings. The highest BCUT2D eigenvalue weighted by Gasteiger charge is 2.19. The molecule has 0 saturated heterocycles. The van der Waals surface area contributed by atoms with E-state index < -0.39 is 6.10 Å². The van der Waals surface area contributed by atoms with Gasteiger partial charge in [0.1, 0.15) is 24.2 Å². The molecule has 1 atom stereocenters. The van der Waals surface area contributed by atoms with Crippen LogP contribution in [0.2, 0.25) is 0 Å². The first-order valence-electron chi connectivity index (χ1n) is 11.1. The van der Waals surface area contributed by atoms with E-state index in [4.69, 9.17) is 4.74 Å². The van der Waals surface area contributed by atoms with Gasteiger partial charge in [0.25, 0.3) is 0 Å². The molecule has 5 aromatic rings. The number of aromatic nitrogens is 4. The van der Waals surface area contributed by atoms with Crippen molar-refractivity contribution in [3.05, 3.63) is 99.7 Å². The Morgan fingerprint density at radius 1 is 1.06 bits per heavy atom. The number of carbonyl (C=O) groups excluding carboxylic acids is 1.